The summed E-state index contributed by atoms with van der Waals surface area (Å²) in [6.45, 7) is 2.03. The van der Waals surface area contributed by atoms with Crippen molar-refractivity contribution in [1.29, 1.82) is 0 Å². The standard InChI is InChI=1S/C26H20O4S/c1-17-22(26(27)28-16-18-10-4-2-5-11-18)23(19-12-6-3-7-13-19)25-24(29-17)20-14-8-9-15-21(20)30-31-25/h2-15,23H,16H2,1H3. The van der Waals surface area contributed by atoms with Gasteiger partial charge in [0.15, 0.2) is 5.76 Å². The highest BCUT2D eigenvalue weighted by atomic mass is 32.2. The average molecular weight is 429 g/mol. The summed E-state index contributed by atoms with van der Waals surface area (Å²) in [6.07, 6.45) is 0. The molecule has 5 rings (SSSR count). The van der Waals surface area contributed by atoms with E-state index in [4.69, 9.17) is 13.7 Å². The molecule has 1 unspecified atom stereocenters. The first kappa shape index (κ1) is 19.5. The second kappa shape index (κ2) is 8.36. The molecule has 0 fully saturated rings. The Morgan fingerprint density at radius 2 is 1.61 bits per heavy atom. The summed E-state index contributed by atoms with van der Waals surface area (Å²) in [4.78, 5) is 14.1. The van der Waals surface area contributed by atoms with Crippen LogP contribution in [0.25, 0.3) is 5.76 Å². The Morgan fingerprint density at radius 1 is 0.935 bits per heavy atom. The molecule has 2 aliphatic heterocycles. The van der Waals surface area contributed by atoms with Crippen LogP contribution in [-0.4, -0.2) is 5.97 Å². The summed E-state index contributed by atoms with van der Waals surface area (Å²) in [5.74, 6) is 1.31. The fourth-order valence-electron chi connectivity index (χ4n) is 3.84. The Bertz CT molecular complexity index is 1180. The third-order valence-electron chi connectivity index (χ3n) is 5.33. The van der Waals surface area contributed by atoms with E-state index in [2.05, 4.69) is 0 Å². The molecule has 1 atom stereocenters. The van der Waals surface area contributed by atoms with E-state index in [-0.39, 0.29) is 18.5 Å². The monoisotopic (exact) mass is 428 g/mol. The molecular weight excluding hydrogens is 408 g/mol. The molecule has 2 aliphatic rings. The van der Waals surface area contributed by atoms with Gasteiger partial charge in [0.1, 0.15) is 18.1 Å². The van der Waals surface area contributed by atoms with Crippen molar-refractivity contribution in [1.82, 2.24) is 0 Å². The van der Waals surface area contributed by atoms with Gasteiger partial charge in [-0.2, -0.15) is 0 Å². The lowest BCUT2D eigenvalue weighted by Gasteiger charge is -2.33. The maximum absolute atomic E-state index is 13.3. The zero-order chi connectivity index (χ0) is 21.2. The number of allylic oxidation sites excluding steroid dienone is 2. The molecule has 0 radical (unpaired) electrons. The van der Waals surface area contributed by atoms with Crippen LogP contribution in [0, 0.1) is 0 Å². The minimum Gasteiger partial charge on any atom is -0.460 e. The van der Waals surface area contributed by atoms with Gasteiger partial charge in [0.05, 0.1) is 34.0 Å². The molecule has 4 nitrogen and oxygen atoms in total. The van der Waals surface area contributed by atoms with E-state index < -0.39 is 0 Å². The average Bonchev–Trinajstić information content (AvgIpc) is 2.83. The van der Waals surface area contributed by atoms with Crippen LogP contribution in [0.2, 0.25) is 0 Å². The quantitative estimate of drug-likeness (QED) is 0.364. The number of para-hydroxylation sites is 1. The third-order valence-corrected chi connectivity index (χ3v) is 6.19. The highest BCUT2D eigenvalue weighted by molar-refractivity contribution is 7.99. The minimum absolute atomic E-state index is 0.205. The number of ether oxygens (including phenoxy) is 2. The normalized spacial score (nSPS) is 17.3. The number of hydrogen-bond acceptors (Lipinski definition) is 5. The van der Waals surface area contributed by atoms with Crippen molar-refractivity contribution in [2.24, 2.45) is 0 Å². The Morgan fingerprint density at radius 3 is 2.39 bits per heavy atom. The first-order chi connectivity index (χ1) is 15.2. The summed E-state index contributed by atoms with van der Waals surface area (Å²) < 4.78 is 17.8. The highest BCUT2D eigenvalue weighted by Gasteiger charge is 2.40. The zero-order valence-corrected chi connectivity index (χ0v) is 17.7. The second-order valence-corrected chi connectivity index (χ2v) is 8.11. The number of hydrogen-bond donors (Lipinski definition) is 0. The zero-order valence-electron chi connectivity index (χ0n) is 16.9. The van der Waals surface area contributed by atoms with Gasteiger partial charge < -0.3 is 13.7 Å². The molecule has 3 aromatic carbocycles. The van der Waals surface area contributed by atoms with Crippen molar-refractivity contribution in [3.05, 3.63) is 118 Å². The molecule has 0 aromatic heterocycles. The van der Waals surface area contributed by atoms with E-state index in [0.717, 1.165) is 33.1 Å². The number of benzene rings is 3. The Hall–Kier alpha value is -3.44. The molecule has 0 bridgehead atoms. The van der Waals surface area contributed by atoms with Crippen LogP contribution in [0.4, 0.5) is 0 Å². The minimum atomic E-state index is -0.388. The lowest BCUT2D eigenvalue weighted by molar-refractivity contribution is -0.140. The first-order valence-corrected chi connectivity index (χ1v) is 10.8. The van der Waals surface area contributed by atoms with Gasteiger partial charge in [0, 0.05) is 0 Å². The van der Waals surface area contributed by atoms with Gasteiger partial charge in [-0.25, -0.2) is 4.79 Å². The largest absolute Gasteiger partial charge is 0.460 e. The van der Waals surface area contributed by atoms with Gasteiger partial charge in [0.25, 0.3) is 0 Å². The fraction of sp³-hybridized carbons (Fsp3) is 0.115. The Balaban J connectivity index is 1.54. The lowest BCUT2D eigenvalue weighted by Crippen LogP contribution is -2.24. The number of carbonyl (C=O) groups is 1. The van der Waals surface area contributed by atoms with E-state index >= 15 is 0 Å². The summed E-state index contributed by atoms with van der Waals surface area (Å²) in [6, 6.07) is 27.3. The van der Waals surface area contributed by atoms with E-state index in [9.17, 15) is 4.79 Å². The van der Waals surface area contributed by atoms with Crippen LogP contribution < -0.4 is 4.18 Å². The number of carbonyl (C=O) groups excluding carboxylic acids is 1. The Kier molecular flexibility index (Phi) is 5.26. The summed E-state index contributed by atoms with van der Waals surface area (Å²) >= 11 is 1.24. The summed E-state index contributed by atoms with van der Waals surface area (Å²) in [7, 11) is 0. The van der Waals surface area contributed by atoms with Crippen LogP contribution in [0.5, 0.6) is 5.75 Å². The smallest absolute Gasteiger partial charge is 0.338 e. The van der Waals surface area contributed by atoms with Crippen LogP contribution in [0.3, 0.4) is 0 Å². The van der Waals surface area contributed by atoms with Crippen LogP contribution in [0.1, 0.15) is 29.5 Å². The molecule has 2 heterocycles. The SMILES string of the molecule is CC1=C(C(=O)OCc2ccccc2)C(c2ccccc2)C2=C(O1)c1ccccc1OS2. The Labute approximate surface area is 185 Å². The van der Waals surface area contributed by atoms with Crippen molar-refractivity contribution >= 4 is 23.8 Å². The van der Waals surface area contributed by atoms with Crippen molar-refractivity contribution < 1.29 is 18.5 Å². The topological polar surface area (TPSA) is 44.8 Å². The predicted molar refractivity (Wildman–Crippen MR) is 121 cm³/mol. The van der Waals surface area contributed by atoms with E-state index in [1.807, 2.05) is 91.9 Å². The molecule has 31 heavy (non-hydrogen) atoms. The maximum atomic E-state index is 13.3. The predicted octanol–water partition coefficient (Wildman–Crippen LogP) is 6.23. The van der Waals surface area contributed by atoms with Crippen LogP contribution in [-0.2, 0) is 20.9 Å². The van der Waals surface area contributed by atoms with Gasteiger partial charge in [-0.1, -0.05) is 72.8 Å². The molecule has 0 N–H and O–H groups in total. The van der Waals surface area contributed by atoms with E-state index in [1.165, 1.54) is 12.0 Å². The first-order valence-electron chi connectivity index (χ1n) is 10.0. The second-order valence-electron chi connectivity index (χ2n) is 7.33. The molecular formula is C26H20O4S. The summed E-state index contributed by atoms with van der Waals surface area (Å²) in [5, 5.41) is 0. The molecule has 154 valence electrons. The molecule has 3 aromatic rings. The molecule has 0 aliphatic carbocycles. The van der Waals surface area contributed by atoms with Crippen molar-refractivity contribution in [2.45, 2.75) is 19.4 Å². The number of rotatable bonds is 4. The third kappa shape index (κ3) is 3.73. The maximum Gasteiger partial charge on any atom is 0.338 e. The number of esters is 1. The molecule has 0 spiro atoms. The van der Waals surface area contributed by atoms with E-state index in [0.29, 0.717) is 11.3 Å². The van der Waals surface area contributed by atoms with Gasteiger partial charge in [-0.15, -0.1) is 0 Å². The van der Waals surface area contributed by atoms with Gasteiger partial charge in [-0.3, -0.25) is 0 Å². The van der Waals surface area contributed by atoms with Crippen molar-refractivity contribution in [3.8, 4) is 5.75 Å². The van der Waals surface area contributed by atoms with Gasteiger partial charge in [-0.05, 0) is 30.2 Å². The molecule has 0 saturated carbocycles. The molecule has 0 amide bonds. The van der Waals surface area contributed by atoms with Crippen molar-refractivity contribution in [2.75, 3.05) is 0 Å². The molecule has 0 saturated heterocycles. The summed E-state index contributed by atoms with van der Waals surface area (Å²) in [5.41, 5.74) is 3.30. The van der Waals surface area contributed by atoms with Crippen LogP contribution >= 0.6 is 12.0 Å². The van der Waals surface area contributed by atoms with Crippen LogP contribution in [0.15, 0.2) is 101 Å². The van der Waals surface area contributed by atoms with Gasteiger partial charge >= 0.3 is 5.97 Å². The van der Waals surface area contributed by atoms with E-state index in [1.54, 1.807) is 0 Å². The van der Waals surface area contributed by atoms with Crippen molar-refractivity contribution in [3.63, 3.8) is 0 Å². The molecule has 5 heteroatoms. The fourth-order valence-corrected chi connectivity index (χ4v) is 4.74. The lowest BCUT2D eigenvalue weighted by atomic mass is 9.87. The van der Waals surface area contributed by atoms with Gasteiger partial charge in [0.2, 0.25) is 0 Å². The number of fused-ring (bicyclic) bond motifs is 2. The highest BCUT2D eigenvalue weighted by Crippen LogP contribution is 2.53.